The molecule has 0 fully saturated rings. The summed E-state index contributed by atoms with van der Waals surface area (Å²) in [4.78, 5) is 11.0. The van der Waals surface area contributed by atoms with Gasteiger partial charge in [0.15, 0.2) is 5.69 Å². The molecule has 0 saturated heterocycles. The molecule has 4 rings (SSSR count). The van der Waals surface area contributed by atoms with E-state index >= 15 is 0 Å². The van der Waals surface area contributed by atoms with Crippen LogP contribution in [-0.2, 0) is 26.9 Å². The lowest BCUT2D eigenvalue weighted by Gasteiger charge is -2.22. The molecule has 0 bridgehead atoms. The number of amides is 1. The van der Waals surface area contributed by atoms with Crippen molar-refractivity contribution in [1.82, 2.24) is 14.5 Å². The van der Waals surface area contributed by atoms with Gasteiger partial charge in [0.25, 0.3) is 10.0 Å². The van der Waals surface area contributed by atoms with Crippen LogP contribution in [0.4, 0.5) is 18.0 Å². The Morgan fingerprint density at radius 2 is 1.64 bits per heavy atom. The number of rotatable bonds is 7. The highest BCUT2D eigenvalue weighted by molar-refractivity contribution is 9.08. The monoisotopic (exact) mass is 685 g/mol. The zero-order valence-corrected chi connectivity index (χ0v) is 24.1. The molecule has 3 aromatic carbocycles. The lowest BCUT2D eigenvalue weighted by atomic mass is 9.96. The summed E-state index contributed by atoms with van der Waals surface area (Å²) in [5.74, 6) is 0. The first kappa shape index (κ1) is 28.8. The van der Waals surface area contributed by atoms with Gasteiger partial charge in [-0.25, -0.2) is 22.6 Å². The fourth-order valence-electron chi connectivity index (χ4n) is 4.18. The van der Waals surface area contributed by atoms with Gasteiger partial charge in [0.2, 0.25) is 0 Å². The van der Waals surface area contributed by atoms with E-state index in [1.54, 1.807) is 59.3 Å². The third-order valence-corrected chi connectivity index (χ3v) is 8.36. The highest BCUT2D eigenvalue weighted by atomic mass is 79.9. The number of benzene rings is 3. The number of halogens is 5. The Bertz CT molecular complexity index is 1640. The molecule has 0 saturated carbocycles. The van der Waals surface area contributed by atoms with Gasteiger partial charge in [-0.1, -0.05) is 92.0 Å². The molecule has 39 heavy (non-hydrogen) atoms. The molecular weight excluding hydrogens is 667 g/mol. The van der Waals surface area contributed by atoms with Gasteiger partial charge in [-0.2, -0.15) is 18.3 Å². The van der Waals surface area contributed by atoms with E-state index in [2.05, 4.69) is 37.0 Å². The molecule has 0 radical (unpaired) electrons. The zero-order chi connectivity index (χ0) is 28.5. The molecule has 204 valence electrons. The van der Waals surface area contributed by atoms with Crippen molar-refractivity contribution in [3.8, 4) is 28.1 Å². The number of nitrogens with zero attached hydrogens (tertiary/aromatic N) is 2. The van der Waals surface area contributed by atoms with E-state index in [9.17, 15) is 31.5 Å². The van der Waals surface area contributed by atoms with E-state index in [1.807, 2.05) is 6.92 Å². The minimum absolute atomic E-state index is 0.0114. The third kappa shape index (κ3) is 5.89. The number of nitrogens with one attached hydrogen (secondary N) is 1. The molecule has 0 unspecified atom stereocenters. The average Bonchev–Trinajstić information content (AvgIpc) is 3.33. The highest BCUT2D eigenvalue weighted by Gasteiger charge is 2.36. The van der Waals surface area contributed by atoms with E-state index in [4.69, 9.17) is 0 Å². The molecule has 0 aliphatic rings. The van der Waals surface area contributed by atoms with Gasteiger partial charge in [0, 0.05) is 21.8 Å². The molecule has 0 aliphatic carbocycles. The summed E-state index contributed by atoms with van der Waals surface area (Å²) < 4.78 is 70.8. The van der Waals surface area contributed by atoms with Gasteiger partial charge >= 0.3 is 12.3 Å². The van der Waals surface area contributed by atoms with Gasteiger partial charge < -0.3 is 5.11 Å². The van der Waals surface area contributed by atoms with Crippen molar-refractivity contribution in [3.05, 3.63) is 89.1 Å². The Morgan fingerprint density at radius 3 is 2.18 bits per heavy atom. The maximum Gasteiger partial charge on any atom is 0.435 e. The van der Waals surface area contributed by atoms with E-state index in [-0.39, 0.29) is 38.1 Å². The second-order valence-electron chi connectivity index (χ2n) is 8.47. The molecule has 1 aromatic heterocycles. The standard InChI is InChI=1S/C26H20Br2F3N3O4S/c1-15-7-9-16(10-8-15)20-12-22(26(29,30)31)32-34(20)24-18(13-27)11-21(39(37,38)33-25(35)36)23(19(24)14-28)17-5-3-2-4-6-17/h2-12,33H,13-14H2,1H3,(H,35,36). The van der Waals surface area contributed by atoms with Gasteiger partial charge in [0.1, 0.15) is 0 Å². The molecule has 4 aromatic rings. The molecule has 1 amide bonds. The number of aryl methyl sites for hydroxylation is 1. The maximum atomic E-state index is 13.9. The van der Waals surface area contributed by atoms with Crippen LogP contribution in [0, 0.1) is 6.92 Å². The maximum absolute atomic E-state index is 13.9. The molecule has 2 N–H and O–H groups in total. The Hall–Kier alpha value is -3.16. The Morgan fingerprint density at radius 1 is 1.00 bits per heavy atom. The third-order valence-electron chi connectivity index (χ3n) is 5.85. The number of aromatic nitrogens is 2. The molecule has 7 nitrogen and oxygen atoms in total. The largest absolute Gasteiger partial charge is 0.464 e. The van der Waals surface area contributed by atoms with Crippen LogP contribution in [-0.4, -0.2) is 29.4 Å². The van der Waals surface area contributed by atoms with Crippen molar-refractivity contribution in [2.75, 3.05) is 0 Å². The Kier molecular flexibility index (Phi) is 8.24. The van der Waals surface area contributed by atoms with Crippen LogP contribution in [0.1, 0.15) is 22.4 Å². The predicted molar refractivity (Wildman–Crippen MR) is 148 cm³/mol. The second kappa shape index (κ2) is 11.1. The van der Waals surface area contributed by atoms with Crippen LogP contribution in [0.25, 0.3) is 28.1 Å². The topological polar surface area (TPSA) is 101 Å². The first-order chi connectivity index (χ1) is 18.4. The fraction of sp³-hybridized carbons (Fsp3) is 0.154. The summed E-state index contributed by atoms with van der Waals surface area (Å²) in [5.41, 5.74) is 1.75. The SMILES string of the molecule is Cc1ccc(-c2cc(C(F)(F)F)nn2-c2c(CBr)cc(S(=O)(=O)NC(=O)O)c(-c3ccccc3)c2CBr)cc1. The lowest BCUT2D eigenvalue weighted by molar-refractivity contribution is -0.141. The van der Waals surface area contributed by atoms with Crippen molar-refractivity contribution in [2.45, 2.75) is 28.7 Å². The van der Waals surface area contributed by atoms with Crippen LogP contribution in [0.2, 0.25) is 0 Å². The number of sulfonamides is 1. The molecule has 1 heterocycles. The summed E-state index contributed by atoms with van der Waals surface area (Å²) in [6.07, 6.45) is -6.52. The minimum atomic E-state index is -4.75. The summed E-state index contributed by atoms with van der Waals surface area (Å²) >= 11 is 6.72. The first-order valence-electron chi connectivity index (χ1n) is 11.2. The van der Waals surface area contributed by atoms with Crippen LogP contribution >= 0.6 is 31.9 Å². The van der Waals surface area contributed by atoms with E-state index < -0.39 is 28.0 Å². The van der Waals surface area contributed by atoms with E-state index in [0.717, 1.165) is 16.3 Å². The Labute approximate surface area is 239 Å². The predicted octanol–water partition coefficient (Wildman–Crippen LogP) is 7.28. The molecular formula is C26H20Br2F3N3O4S. The normalized spacial score (nSPS) is 11.9. The minimum Gasteiger partial charge on any atom is -0.464 e. The molecule has 0 spiro atoms. The number of hydrogen-bond donors (Lipinski definition) is 2. The summed E-state index contributed by atoms with van der Waals surface area (Å²) in [6.45, 7) is 1.85. The van der Waals surface area contributed by atoms with Gasteiger partial charge in [-0.3, -0.25) is 0 Å². The molecule has 0 aliphatic heterocycles. The van der Waals surface area contributed by atoms with Crippen molar-refractivity contribution in [2.24, 2.45) is 0 Å². The molecule has 0 atom stereocenters. The van der Waals surface area contributed by atoms with Crippen LogP contribution < -0.4 is 4.72 Å². The van der Waals surface area contributed by atoms with E-state index in [0.29, 0.717) is 16.7 Å². The van der Waals surface area contributed by atoms with Crippen LogP contribution in [0.15, 0.2) is 71.6 Å². The van der Waals surface area contributed by atoms with Crippen LogP contribution in [0.3, 0.4) is 0 Å². The number of carbonyl (C=O) groups is 1. The zero-order valence-electron chi connectivity index (χ0n) is 20.1. The number of carboxylic acid groups (broad SMARTS) is 1. The van der Waals surface area contributed by atoms with Crippen molar-refractivity contribution in [3.63, 3.8) is 0 Å². The van der Waals surface area contributed by atoms with Crippen molar-refractivity contribution < 1.29 is 31.5 Å². The Balaban J connectivity index is 2.16. The highest BCUT2D eigenvalue weighted by Crippen LogP contribution is 2.41. The quantitative estimate of drug-likeness (QED) is 0.199. The van der Waals surface area contributed by atoms with E-state index in [1.165, 1.54) is 6.07 Å². The number of hydrogen-bond acceptors (Lipinski definition) is 4. The smallest absolute Gasteiger partial charge is 0.435 e. The van der Waals surface area contributed by atoms with Gasteiger partial charge in [-0.15, -0.1) is 0 Å². The second-order valence-corrected chi connectivity index (χ2v) is 11.2. The van der Waals surface area contributed by atoms with Gasteiger partial charge in [0.05, 0.1) is 16.3 Å². The summed E-state index contributed by atoms with van der Waals surface area (Å²) in [5, 5.41) is 13.2. The summed E-state index contributed by atoms with van der Waals surface area (Å²) in [6, 6.07) is 17.4. The van der Waals surface area contributed by atoms with Crippen LogP contribution in [0.5, 0.6) is 0 Å². The average molecular weight is 687 g/mol. The fourth-order valence-corrected chi connectivity index (χ4v) is 6.30. The molecule has 13 heteroatoms. The van der Waals surface area contributed by atoms with Crippen molar-refractivity contribution >= 4 is 48.0 Å². The van der Waals surface area contributed by atoms with Crippen molar-refractivity contribution in [1.29, 1.82) is 0 Å². The summed E-state index contributed by atoms with van der Waals surface area (Å²) in [7, 11) is -4.59. The first-order valence-corrected chi connectivity index (χ1v) is 15.0. The number of alkyl halides is 5. The van der Waals surface area contributed by atoms with Gasteiger partial charge in [-0.05, 0) is 35.7 Å². The lowest BCUT2D eigenvalue weighted by Crippen LogP contribution is -2.30.